The molecule has 0 unspecified atom stereocenters. The van der Waals surface area contributed by atoms with E-state index in [1.807, 2.05) is 45.9 Å². The fourth-order valence-electron chi connectivity index (χ4n) is 1.89. The van der Waals surface area contributed by atoms with Gasteiger partial charge in [-0.2, -0.15) is 0 Å². The number of carbonyl (C=O) groups excluding carboxylic acids is 2. The highest BCUT2D eigenvalue weighted by atomic mass is 35.5. The zero-order valence-corrected chi connectivity index (χ0v) is 14.0. The number of nitrogens with one attached hydrogen (secondary N) is 1. The lowest BCUT2D eigenvalue weighted by Gasteiger charge is -2.24. The number of ketones is 1. The molecule has 3 N–H and O–H groups in total. The second kappa shape index (κ2) is 8.15. The summed E-state index contributed by atoms with van der Waals surface area (Å²) >= 11 is 0. The molecule has 0 aliphatic heterocycles. The quantitative estimate of drug-likeness (QED) is 0.793. The van der Waals surface area contributed by atoms with E-state index >= 15 is 0 Å². The molecule has 4 nitrogen and oxygen atoms in total. The largest absolute Gasteiger partial charge is 0.350 e. The van der Waals surface area contributed by atoms with Crippen LogP contribution >= 0.6 is 12.4 Å². The maximum atomic E-state index is 12.2. The summed E-state index contributed by atoms with van der Waals surface area (Å²) in [5.41, 5.74) is 7.83. The van der Waals surface area contributed by atoms with Crippen molar-refractivity contribution in [2.45, 2.75) is 46.1 Å². The van der Waals surface area contributed by atoms with Gasteiger partial charge in [0.15, 0.2) is 5.78 Å². The van der Waals surface area contributed by atoms with E-state index in [1.54, 1.807) is 0 Å². The van der Waals surface area contributed by atoms with E-state index in [0.29, 0.717) is 12.1 Å². The van der Waals surface area contributed by atoms with Crippen LogP contribution in [0.2, 0.25) is 0 Å². The van der Waals surface area contributed by atoms with Gasteiger partial charge in [0, 0.05) is 30.5 Å². The molecule has 1 amide bonds. The minimum Gasteiger partial charge on any atom is -0.350 e. The van der Waals surface area contributed by atoms with Crippen LogP contribution < -0.4 is 11.1 Å². The Labute approximate surface area is 132 Å². The molecule has 1 aromatic rings. The summed E-state index contributed by atoms with van der Waals surface area (Å²) in [7, 11) is 0. The maximum Gasteiger partial charge on any atom is 0.220 e. The van der Waals surface area contributed by atoms with Gasteiger partial charge in [0.2, 0.25) is 5.91 Å². The van der Waals surface area contributed by atoms with Gasteiger partial charge < -0.3 is 11.1 Å². The van der Waals surface area contributed by atoms with Gasteiger partial charge in [0.25, 0.3) is 0 Å². The SMILES string of the molecule is Cc1ccc(C)c(C(=O)CCC(=O)NC(C)(C)CN)c1.Cl. The molecule has 1 aromatic carbocycles. The zero-order chi connectivity index (χ0) is 15.3. The molecule has 0 aliphatic rings. The topological polar surface area (TPSA) is 72.2 Å². The molecular formula is C16H25ClN2O2. The number of benzene rings is 1. The first-order valence-electron chi connectivity index (χ1n) is 6.87. The number of hydrogen-bond acceptors (Lipinski definition) is 3. The highest BCUT2D eigenvalue weighted by molar-refractivity contribution is 5.99. The number of Topliss-reactive ketones (excluding diaryl/α,β-unsaturated/α-hetero) is 1. The highest BCUT2D eigenvalue weighted by Gasteiger charge is 2.19. The third-order valence-electron chi connectivity index (χ3n) is 3.26. The summed E-state index contributed by atoms with van der Waals surface area (Å²) < 4.78 is 0. The van der Waals surface area contributed by atoms with Crippen molar-refractivity contribution < 1.29 is 9.59 Å². The van der Waals surface area contributed by atoms with Gasteiger partial charge in [0.05, 0.1) is 0 Å². The lowest BCUT2D eigenvalue weighted by atomic mass is 9.99. The fraction of sp³-hybridized carbons (Fsp3) is 0.500. The Morgan fingerprint density at radius 3 is 2.38 bits per heavy atom. The van der Waals surface area contributed by atoms with Crippen molar-refractivity contribution in [3.05, 3.63) is 34.9 Å². The molecule has 21 heavy (non-hydrogen) atoms. The van der Waals surface area contributed by atoms with Crippen molar-refractivity contribution in [1.29, 1.82) is 0 Å². The molecule has 1 rings (SSSR count). The molecule has 5 heteroatoms. The molecule has 0 atom stereocenters. The second-order valence-corrected chi connectivity index (χ2v) is 5.88. The molecule has 0 saturated carbocycles. The summed E-state index contributed by atoms with van der Waals surface area (Å²) in [6, 6.07) is 5.78. The standard InChI is InChI=1S/C16H24N2O2.ClH/c1-11-5-6-12(2)13(9-11)14(19)7-8-15(20)18-16(3,4)10-17;/h5-6,9H,7-8,10,17H2,1-4H3,(H,18,20);1H. The first-order chi connectivity index (χ1) is 9.25. The average Bonchev–Trinajstić information content (AvgIpc) is 2.38. The summed E-state index contributed by atoms with van der Waals surface area (Å²) in [6.07, 6.45) is 0.409. The van der Waals surface area contributed by atoms with Gasteiger partial charge in [-0.15, -0.1) is 12.4 Å². The number of nitrogens with two attached hydrogens (primary N) is 1. The molecule has 0 aromatic heterocycles. The summed E-state index contributed by atoms with van der Waals surface area (Å²) in [5, 5.41) is 2.82. The molecule has 0 fully saturated rings. The minimum absolute atomic E-state index is 0. The van der Waals surface area contributed by atoms with Crippen LogP contribution in [0.5, 0.6) is 0 Å². The normalized spacial score (nSPS) is 10.7. The summed E-state index contributed by atoms with van der Waals surface area (Å²) in [6.45, 7) is 7.94. The van der Waals surface area contributed by atoms with Gasteiger partial charge in [-0.1, -0.05) is 17.7 Å². The first kappa shape index (κ1) is 19.6. The molecule has 0 heterocycles. The van der Waals surface area contributed by atoms with Crippen molar-refractivity contribution in [3.63, 3.8) is 0 Å². The Kier molecular flexibility index (Phi) is 7.61. The van der Waals surface area contributed by atoms with Crippen molar-refractivity contribution in [2.24, 2.45) is 5.73 Å². The Morgan fingerprint density at radius 2 is 1.81 bits per heavy atom. The van der Waals surface area contributed by atoms with Gasteiger partial charge in [0.1, 0.15) is 0 Å². The van der Waals surface area contributed by atoms with E-state index in [9.17, 15) is 9.59 Å². The van der Waals surface area contributed by atoms with E-state index in [-0.39, 0.29) is 36.9 Å². The van der Waals surface area contributed by atoms with Crippen LogP contribution in [0.15, 0.2) is 18.2 Å². The van der Waals surface area contributed by atoms with Gasteiger partial charge in [-0.3, -0.25) is 9.59 Å². The van der Waals surface area contributed by atoms with E-state index in [0.717, 1.165) is 11.1 Å². The van der Waals surface area contributed by atoms with E-state index in [1.165, 1.54) is 0 Å². The average molecular weight is 313 g/mol. The van der Waals surface area contributed by atoms with Crippen LogP contribution in [0.25, 0.3) is 0 Å². The summed E-state index contributed by atoms with van der Waals surface area (Å²) in [4.78, 5) is 23.9. The third-order valence-corrected chi connectivity index (χ3v) is 3.26. The highest BCUT2D eigenvalue weighted by Crippen LogP contribution is 2.14. The molecule has 118 valence electrons. The Hall–Kier alpha value is -1.39. The predicted molar refractivity (Wildman–Crippen MR) is 88.0 cm³/mol. The van der Waals surface area contributed by atoms with Gasteiger partial charge in [-0.25, -0.2) is 0 Å². The first-order valence-corrected chi connectivity index (χ1v) is 6.87. The van der Waals surface area contributed by atoms with Gasteiger partial charge >= 0.3 is 0 Å². The van der Waals surface area contributed by atoms with Crippen molar-refractivity contribution in [2.75, 3.05) is 6.54 Å². The maximum absolute atomic E-state index is 12.2. The number of rotatable bonds is 6. The second-order valence-electron chi connectivity index (χ2n) is 5.88. The number of halogens is 1. The minimum atomic E-state index is -0.431. The number of hydrogen-bond donors (Lipinski definition) is 2. The van der Waals surface area contributed by atoms with Crippen LogP contribution in [0, 0.1) is 13.8 Å². The monoisotopic (exact) mass is 312 g/mol. The fourth-order valence-corrected chi connectivity index (χ4v) is 1.89. The van der Waals surface area contributed by atoms with Crippen LogP contribution in [0.3, 0.4) is 0 Å². The third kappa shape index (κ3) is 6.27. The van der Waals surface area contributed by atoms with Crippen LogP contribution in [-0.4, -0.2) is 23.8 Å². The lowest BCUT2D eigenvalue weighted by molar-refractivity contribution is -0.122. The van der Waals surface area contributed by atoms with E-state index < -0.39 is 5.54 Å². The molecule has 0 radical (unpaired) electrons. The number of amides is 1. The molecular weight excluding hydrogens is 288 g/mol. The molecule has 0 saturated heterocycles. The van der Waals surface area contributed by atoms with E-state index in [4.69, 9.17) is 5.73 Å². The van der Waals surface area contributed by atoms with Gasteiger partial charge in [-0.05, 0) is 39.3 Å². The van der Waals surface area contributed by atoms with Crippen molar-refractivity contribution >= 4 is 24.1 Å². The Balaban J connectivity index is 0.00000400. The lowest BCUT2D eigenvalue weighted by Crippen LogP contribution is -2.48. The predicted octanol–water partition coefficient (Wildman–Crippen LogP) is 2.54. The van der Waals surface area contributed by atoms with Crippen LogP contribution in [0.4, 0.5) is 0 Å². The van der Waals surface area contributed by atoms with Crippen molar-refractivity contribution in [1.82, 2.24) is 5.32 Å². The molecule has 0 spiro atoms. The zero-order valence-electron chi connectivity index (χ0n) is 13.2. The molecule has 0 aliphatic carbocycles. The Bertz CT molecular complexity index is 513. The van der Waals surface area contributed by atoms with Crippen LogP contribution in [-0.2, 0) is 4.79 Å². The molecule has 0 bridgehead atoms. The summed E-state index contributed by atoms with van der Waals surface area (Å²) in [5.74, 6) is -0.133. The number of aryl methyl sites for hydroxylation is 2. The Morgan fingerprint density at radius 1 is 1.19 bits per heavy atom. The number of carbonyl (C=O) groups is 2. The smallest absolute Gasteiger partial charge is 0.220 e. The van der Waals surface area contributed by atoms with Crippen molar-refractivity contribution in [3.8, 4) is 0 Å². The van der Waals surface area contributed by atoms with Crippen LogP contribution in [0.1, 0.15) is 48.2 Å². The van der Waals surface area contributed by atoms with E-state index in [2.05, 4.69) is 5.32 Å².